The standard InChI is InChI=1S/C25H27F5O2/c1-5-7-16-8-10-18(11-9-16)32-25(29,30)19-13-17-12-15(4)23(20(26)14(3)6-2)31-24(17)22(28)21(19)27/h10,13,16H,3-9,11-12H2,1-2H3/b23-20-. The number of ether oxygens (including phenoxy) is 2. The van der Waals surface area contributed by atoms with E-state index < -0.39 is 34.9 Å². The highest BCUT2D eigenvalue weighted by molar-refractivity contribution is 5.51. The second kappa shape index (κ2) is 9.51. The Morgan fingerprint density at radius 2 is 1.97 bits per heavy atom. The summed E-state index contributed by atoms with van der Waals surface area (Å²) in [5.74, 6) is -4.78. The fraction of sp³-hybridized carbons (Fsp3) is 0.440. The maximum absolute atomic E-state index is 14.8. The Kier molecular flexibility index (Phi) is 7.16. The van der Waals surface area contributed by atoms with Crippen LogP contribution in [0.3, 0.4) is 0 Å². The van der Waals surface area contributed by atoms with Gasteiger partial charge in [-0.1, -0.05) is 39.8 Å². The van der Waals surface area contributed by atoms with Gasteiger partial charge in [-0.25, -0.2) is 8.78 Å². The molecular formula is C25H27F5O2. The van der Waals surface area contributed by atoms with Crippen molar-refractivity contribution in [1.29, 1.82) is 0 Å². The Balaban J connectivity index is 1.91. The van der Waals surface area contributed by atoms with E-state index in [-0.39, 0.29) is 41.1 Å². The summed E-state index contributed by atoms with van der Waals surface area (Å²) in [7, 11) is 0. The summed E-state index contributed by atoms with van der Waals surface area (Å²) in [6, 6.07) is 0.797. The molecule has 1 aromatic carbocycles. The van der Waals surface area contributed by atoms with E-state index in [1.165, 1.54) is 0 Å². The summed E-state index contributed by atoms with van der Waals surface area (Å²) >= 11 is 0. The molecule has 1 aliphatic heterocycles. The van der Waals surface area contributed by atoms with Crippen molar-refractivity contribution in [3.63, 3.8) is 0 Å². The first-order valence-corrected chi connectivity index (χ1v) is 10.8. The van der Waals surface area contributed by atoms with Crippen molar-refractivity contribution in [3.05, 3.63) is 76.6 Å². The van der Waals surface area contributed by atoms with Gasteiger partial charge in [-0.15, -0.1) is 0 Å². The molecule has 3 rings (SSSR count). The summed E-state index contributed by atoms with van der Waals surface area (Å²) in [6.07, 6.45) is 1.22. The van der Waals surface area contributed by atoms with Crippen LogP contribution in [0.15, 0.2) is 53.8 Å². The van der Waals surface area contributed by atoms with Gasteiger partial charge in [-0.2, -0.15) is 13.2 Å². The van der Waals surface area contributed by atoms with E-state index in [4.69, 9.17) is 9.47 Å². The molecule has 1 atom stereocenters. The topological polar surface area (TPSA) is 18.5 Å². The molecule has 0 saturated heterocycles. The first kappa shape index (κ1) is 24.1. The molecule has 1 aliphatic carbocycles. The number of halogens is 5. The second-order valence-electron chi connectivity index (χ2n) is 8.24. The third-order valence-corrected chi connectivity index (χ3v) is 5.85. The lowest BCUT2D eigenvalue weighted by atomic mass is 9.90. The zero-order chi connectivity index (χ0) is 23.6. The van der Waals surface area contributed by atoms with Gasteiger partial charge in [0.2, 0.25) is 5.82 Å². The molecule has 0 amide bonds. The molecule has 1 heterocycles. The Morgan fingerprint density at radius 3 is 2.56 bits per heavy atom. The summed E-state index contributed by atoms with van der Waals surface area (Å²) in [6.45, 7) is 11.0. The van der Waals surface area contributed by atoms with Crippen molar-refractivity contribution in [2.24, 2.45) is 5.92 Å². The third kappa shape index (κ3) is 4.76. The molecule has 0 bridgehead atoms. The molecule has 2 nitrogen and oxygen atoms in total. The molecule has 7 heteroatoms. The van der Waals surface area contributed by atoms with Crippen molar-refractivity contribution < 1.29 is 31.4 Å². The number of alkyl halides is 2. The van der Waals surface area contributed by atoms with E-state index in [0.717, 1.165) is 18.9 Å². The maximum Gasteiger partial charge on any atom is 0.429 e. The van der Waals surface area contributed by atoms with Crippen LogP contribution in [0, 0.1) is 17.6 Å². The molecule has 0 spiro atoms. The molecular weight excluding hydrogens is 427 g/mol. The zero-order valence-corrected chi connectivity index (χ0v) is 18.3. The van der Waals surface area contributed by atoms with Crippen LogP contribution in [-0.4, -0.2) is 0 Å². The molecule has 1 aromatic rings. The molecule has 0 saturated carbocycles. The van der Waals surface area contributed by atoms with Crippen LogP contribution in [0.4, 0.5) is 22.0 Å². The number of benzene rings is 1. The smallest absolute Gasteiger partial charge is 0.429 e. The van der Waals surface area contributed by atoms with Crippen LogP contribution in [0.5, 0.6) is 5.75 Å². The van der Waals surface area contributed by atoms with E-state index in [0.29, 0.717) is 25.2 Å². The average molecular weight is 454 g/mol. The monoisotopic (exact) mass is 454 g/mol. The number of hydrogen-bond acceptors (Lipinski definition) is 2. The molecule has 0 radical (unpaired) electrons. The average Bonchev–Trinajstić information content (AvgIpc) is 2.76. The van der Waals surface area contributed by atoms with Crippen molar-refractivity contribution in [2.45, 2.75) is 64.9 Å². The first-order valence-electron chi connectivity index (χ1n) is 10.8. The summed E-state index contributed by atoms with van der Waals surface area (Å²) in [5.41, 5.74) is -1.08. The summed E-state index contributed by atoms with van der Waals surface area (Å²) < 4.78 is 83.6. The largest absolute Gasteiger partial charge is 0.450 e. The van der Waals surface area contributed by atoms with Gasteiger partial charge in [-0.05, 0) is 48.5 Å². The molecule has 2 aliphatic rings. The van der Waals surface area contributed by atoms with Crippen molar-refractivity contribution in [3.8, 4) is 5.75 Å². The third-order valence-electron chi connectivity index (χ3n) is 5.85. The van der Waals surface area contributed by atoms with E-state index in [9.17, 15) is 22.0 Å². The molecule has 0 fully saturated rings. The van der Waals surface area contributed by atoms with Crippen LogP contribution >= 0.6 is 0 Å². The van der Waals surface area contributed by atoms with E-state index in [2.05, 4.69) is 20.1 Å². The van der Waals surface area contributed by atoms with Crippen LogP contribution in [0.25, 0.3) is 0 Å². The number of fused-ring (bicyclic) bond motifs is 1. The van der Waals surface area contributed by atoms with Gasteiger partial charge in [0.1, 0.15) is 5.56 Å². The quantitative estimate of drug-likeness (QED) is 0.387. The van der Waals surface area contributed by atoms with Crippen molar-refractivity contribution in [1.82, 2.24) is 0 Å². The molecule has 32 heavy (non-hydrogen) atoms. The summed E-state index contributed by atoms with van der Waals surface area (Å²) in [4.78, 5) is 0. The van der Waals surface area contributed by atoms with Crippen LogP contribution in [0.1, 0.15) is 63.5 Å². The van der Waals surface area contributed by atoms with Crippen LogP contribution in [-0.2, 0) is 17.3 Å². The minimum atomic E-state index is -4.08. The van der Waals surface area contributed by atoms with Crippen molar-refractivity contribution in [2.75, 3.05) is 0 Å². The minimum Gasteiger partial charge on any atom is -0.450 e. The van der Waals surface area contributed by atoms with Crippen LogP contribution in [0.2, 0.25) is 0 Å². The Labute approximate surface area is 185 Å². The Bertz CT molecular complexity index is 991. The lowest BCUT2D eigenvalue weighted by Crippen LogP contribution is -2.24. The molecule has 0 aromatic heterocycles. The van der Waals surface area contributed by atoms with Gasteiger partial charge in [0.15, 0.2) is 23.2 Å². The normalized spacial score (nSPS) is 20.3. The second-order valence-corrected chi connectivity index (χ2v) is 8.24. The fourth-order valence-corrected chi connectivity index (χ4v) is 3.96. The first-order chi connectivity index (χ1) is 15.1. The highest BCUT2D eigenvalue weighted by Crippen LogP contribution is 2.44. The fourth-order valence-electron chi connectivity index (χ4n) is 3.96. The van der Waals surface area contributed by atoms with Gasteiger partial charge >= 0.3 is 6.11 Å². The number of hydrogen-bond donors (Lipinski definition) is 0. The predicted octanol–water partition coefficient (Wildman–Crippen LogP) is 8.15. The number of allylic oxidation sites excluding steroid dienone is 5. The van der Waals surface area contributed by atoms with E-state index in [1.807, 2.05) is 0 Å². The van der Waals surface area contributed by atoms with Crippen LogP contribution < -0.4 is 4.74 Å². The van der Waals surface area contributed by atoms with Gasteiger partial charge in [0, 0.05) is 18.4 Å². The molecule has 1 unspecified atom stereocenters. The van der Waals surface area contributed by atoms with E-state index in [1.54, 1.807) is 13.0 Å². The van der Waals surface area contributed by atoms with Crippen molar-refractivity contribution >= 4 is 0 Å². The summed E-state index contributed by atoms with van der Waals surface area (Å²) in [5, 5.41) is 0. The van der Waals surface area contributed by atoms with Gasteiger partial charge in [-0.3, -0.25) is 0 Å². The highest BCUT2D eigenvalue weighted by atomic mass is 19.3. The highest BCUT2D eigenvalue weighted by Gasteiger charge is 2.42. The van der Waals surface area contributed by atoms with Gasteiger partial charge in [0.25, 0.3) is 0 Å². The SMILES string of the molecule is C=C(CC)/C(F)=C1/Oc2c(cc(C(F)(F)OC3=CCC(CCC)CC3)c(F)c2F)CC1=C. The van der Waals surface area contributed by atoms with Gasteiger partial charge in [0.05, 0.1) is 5.76 Å². The van der Waals surface area contributed by atoms with E-state index >= 15 is 0 Å². The maximum atomic E-state index is 14.8. The molecule has 174 valence electrons. The zero-order valence-electron chi connectivity index (χ0n) is 18.3. The lowest BCUT2D eigenvalue weighted by Gasteiger charge is -2.28. The lowest BCUT2D eigenvalue weighted by molar-refractivity contribution is -0.228. The minimum absolute atomic E-state index is 0.0610. The number of rotatable bonds is 7. The Hall–Kier alpha value is -2.57. The Morgan fingerprint density at radius 1 is 1.25 bits per heavy atom. The molecule has 0 N–H and O–H groups in total. The predicted molar refractivity (Wildman–Crippen MR) is 113 cm³/mol. The van der Waals surface area contributed by atoms with Gasteiger partial charge < -0.3 is 9.47 Å².